The number of phenols is 1. The lowest BCUT2D eigenvalue weighted by molar-refractivity contribution is -0.0501. The van der Waals surface area contributed by atoms with E-state index in [1.54, 1.807) is 39.0 Å². The average Bonchev–Trinajstić information content (AvgIpc) is 3.53. The second-order valence-electron chi connectivity index (χ2n) is 12.2. The number of carbonyl (C=O) groups is 1. The maximum Gasteiger partial charge on any atom is 0.407 e. The van der Waals surface area contributed by atoms with Crippen molar-refractivity contribution in [3.05, 3.63) is 64.7 Å². The molecule has 0 radical (unpaired) electrons. The van der Waals surface area contributed by atoms with E-state index in [1.165, 1.54) is 10.9 Å². The molecule has 1 saturated heterocycles. The lowest BCUT2D eigenvalue weighted by atomic mass is 10.0. The Morgan fingerprint density at radius 1 is 1.13 bits per heavy atom. The van der Waals surface area contributed by atoms with E-state index in [1.807, 2.05) is 24.3 Å². The number of amides is 1. The molecule has 0 unspecified atom stereocenters. The number of alkyl carbamates (subject to hydrolysis) is 1. The Hall–Kier alpha value is -4.70. The molecule has 47 heavy (non-hydrogen) atoms. The number of hydrogen-bond acceptors (Lipinski definition) is 12. The zero-order valence-electron chi connectivity index (χ0n) is 26.3. The van der Waals surface area contributed by atoms with Crippen LogP contribution in [0.5, 0.6) is 11.5 Å². The molecular formula is C32H40N6O9. The van der Waals surface area contributed by atoms with E-state index in [-0.39, 0.29) is 29.4 Å². The number of aromatic amines is 1. The van der Waals surface area contributed by atoms with Gasteiger partial charge in [0.15, 0.2) is 17.4 Å². The minimum absolute atomic E-state index is 0.00264. The van der Waals surface area contributed by atoms with Crippen molar-refractivity contribution in [2.75, 3.05) is 25.1 Å². The molecule has 252 valence electrons. The number of imidazole rings is 1. The van der Waals surface area contributed by atoms with Crippen LogP contribution in [-0.4, -0.2) is 89.7 Å². The number of ether oxygens (including phenoxy) is 3. The predicted molar refractivity (Wildman–Crippen MR) is 171 cm³/mol. The van der Waals surface area contributed by atoms with Crippen molar-refractivity contribution in [3.8, 4) is 22.6 Å². The molecule has 0 spiro atoms. The van der Waals surface area contributed by atoms with Gasteiger partial charge in [0.1, 0.15) is 35.4 Å². The minimum Gasteiger partial charge on any atom is -0.508 e. The number of aliphatic hydroxyl groups excluding tert-OH is 3. The van der Waals surface area contributed by atoms with E-state index < -0.39 is 48.4 Å². The number of nitrogens with one attached hydrogen (secondary N) is 3. The van der Waals surface area contributed by atoms with E-state index >= 15 is 0 Å². The molecule has 2 aromatic carbocycles. The first-order chi connectivity index (χ1) is 22.4. The van der Waals surface area contributed by atoms with Crippen LogP contribution >= 0.6 is 0 Å². The number of carbonyl (C=O) groups excluding carboxylic acids is 1. The molecular weight excluding hydrogens is 612 g/mol. The molecule has 0 bridgehead atoms. The molecule has 2 aromatic heterocycles. The SMILES string of the molecule is CC(C)(C)OC(=O)NCCCCOc1cc(CNc2nc3c(=O)[nH]cnc3n2[C@@H]2O[C@H](CO)[C@@H](O)[C@H]2O)ccc1-c1cccc(O)c1. The van der Waals surface area contributed by atoms with Crippen LogP contribution in [0.3, 0.4) is 0 Å². The van der Waals surface area contributed by atoms with E-state index in [4.69, 9.17) is 14.2 Å². The summed E-state index contributed by atoms with van der Waals surface area (Å²) in [6, 6.07) is 12.4. The van der Waals surface area contributed by atoms with Crippen LogP contribution in [0.1, 0.15) is 45.4 Å². The molecule has 7 N–H and O–H groups in total. The van der Waals surface area contributed by atoms with Crippen LogP contribution in [0.2, 0.25) is 0 Å². The van der Waals surface area contributed by atoms with Crippen LogP contribution in [-0.2, 0) is 16.0 Å². The van der Waals surface area contributed by atoms with Gasteiger partial charge in [0.25, 0.3) is 5.56 Å². The number of phenolic OH excluding ortho intramolecular Hbond substituents is 1. The maximum absolute atomic E-state index is 12.5. The Labute approximate surface area is 270 Å². The fourth-order valence-electron chi connectivity index (χ4n) is 5.18. The fourth-order valence-corrected chi connectivity index (χ4v) is 5.18. The molecule has 3 heterocycles. The summed E-state index contributed by atoms with van der Waals surface area (Å²) in [6.45, 7) is 5.86. The number of hydrogen-bond donors (Lipinski definition) is 7. The van der Waals surface area contributed by atoms with E-state index in [9.17, 15) is 30.0 Å². The molecule has 1 fully saturated rings. The average molecular weight is 653 g/mol. The molecule has 4 atom stereocenters. The number of nitrogens with zero attached hydrogens (tertiary/aromatic N) is 3. The van der Waals surface area contributed by atoms with Crippen molar-refractivity contribution in [2.24, 2.45) is 0 Å². The van der Waals surface area contributed by atoms with Gasteiger partial charge >= 0.3 is 6.09 Å². The lowest BCUT2D eigenvalue weighted by Crippen LogP contribution is -2.33. The van der Waals surface area contributed by atoms with Crippen LogP contribution in [0.15, 0.2) is 53.6 Å². The molecule has 15 heteroatoms. The standard InChI is InChI=1S/C32H40N6O9/c1-32(2,3)47-31(44)33-11-4-5-12-45-22-13-18(9-10-21(22)19-7-6-8-20(40)14-19)15-34-30-37-24-27(35-17-36-28(24)43)38(30)29-26(42)25(41)23(16-39)46-29/h6-10,13-14,17,23,25-26,29,39-42H,4-5,11-12,15-16H2,1-3H3,(H,33,44)(H,34,37)(H,35,36,43)/t23-,25-,26-,29-/m1/s1. The fraction of sp³-hybridized carbons (Fsp3) is 0.438. The number of aliphatic hydroxyl groups is 3. The van der Waals surface area contributed by atoms with Gasteiger partial charge in [0.05, 0.1) is 19.5 Å². The molecule has 0 saturated carbocycles. The van der Waals surface area contributed by atoms with Crippen molar-refractivity contribution in [1.82, 2.24) is 24.8 Å². The normalized spacial score (nSPS) is 19.5. The van der Waals surface area contributed by atoms with Crippen molar-refractivity contribution < 1.29 is 39.4 Å². The molecule has 1 aliphatic heterocycles. The van der Waals surface area contributed by atoms with Gasteiger partial charge in [-0.1, -0.05) is 24.3 Å². The smallest absolute Gasteiger partial charge is 0.407 e. The molecule has 4 aromatic rings. The number of unbranched alkanes of at least 4 members (excludes halogenated alkanes) is 1. The Morgan fingerprint density at radius 2 is 1.94 bits per heavy atom. The highest BCUT2D eigenvalue weighted by atomic mass is 16.6. The second kappa shape index (κ2) is 14.4. The van der Waals surface area contributed by atoms with Crippen molar-refractivity contribution in [3.63, 3.8) is 0 Å². The Kier molecular flexibility index (Phi) is 10.3. The lowest BCUT2D eigenvalue weighted by Gasteiger charge is -2.20. The van der Waals surface area contributed by atoms with Crippen LogP contribution in [0, 0.1) is 0 Å². The van der Waals surface area contributed by atoms with Gasteiger partial charge in [-0.2, -0.15) is 0 Å². The van der Waals surface area contributed by atoms with Gasteiger partial charge in [-0.3, -0.25) is 9.36 Å². The van der Waals surface area contributed by atoms with Crippen LogP contribution in [0.4, 0.5) is 10.7 Å². The first-order valence-corrected chi connectivity index (χ1v) is 15.3. The monoisotopic (exact) mass is 652 g/mol. The highest BCUT2D eigenvalue weighted by molar-refractivity contribution is 5.74. The summed E-state index contributed by atoms with van der Waals surface area (Å²) < 4.78 is 18.6. The van der Waals surface area contributed by atoms with Crippen molar-refractivity contribution in [2.45, 2.75) is 70.3 Å². The Bertz CT molecular complexity index is 1750. The summed E-state index contributed by atoms with van der Waals surface area (Å²) in [6.07, 6.45) is -2.98. The number of H-pyrrole nitrogens is 1. The van der Waals surface area contributed by atoms with Gasteiger partial charge in [-0.05, 0) is 62.9 Å². The third-order valence-corrected chi connectivity index (χ3v) is 7.41. The Morgan fingerprint density at radius 3 is 2.66 bits per heavy atom. The zero-order valence-corrected chi connectivity index (χ0v) is 26.3. The third kappa shape index (κ3) is 8.00. The summed E-state index contributed by atoms with van der Waals surface area (Å²) in [5, 5.41) is 46.7. The first-order valence-electron chi connectivity index (χ1n) is 15.3. The predicted octanol–water partition coefficient (Wildman–Crippen LogP) is 2.40. The largest absolute Gasteiger partial charge is 0.508 e. The van der Waals surface area contributed by atoms with Crippen LogP contribution < -0.4 is 20.9 Å². The molecule has 1 aliphatic rings. The van der Waals surface area contributed by atoms with E-state index in [0.29, 0.717) is 31.7 Å². The number of benzene rings is 2. The number of rotatable bonds is 12. The number of anilines is 1. The summed E-state index contributed by atoms with van der Waals surface area (Å²) in [4.78, 5) is 35.5. The number of fused-ring (bicyclic) bond motifs is 1. The van der Waals surface area contributed by atoms with Gasteiger partial charge in [-0.25, -0.2) is 14.8 Å². The maximum atomic E-state index is 12.5. The highest BCUT2D eigenvalue weighted by Crippen LogP contribution is 2.35. The summed E-state index contributed by atoms with van der Waals surface area (Å²) in [5.74, 6) is 0.820. The van der Waals surface area contributed by atoms with Gasteiger partial charge < -0.3 is 50.3 Å². The number of aromatic nitrogens is 4. The number of aromatic hydroxyl groups is 1. The van der Waals surface area contributed by atoms with Crippen molar-refractivity contribution in [1.29, 1.82) is 0 Å². The first kappa shape index (κ1) is 33.7. The molecule has 1 amide bonds. The van der Waals surface area contributed by atoms with E-state index in [2.05, 4.69) is 25.6 Å². The third-order valence-electron chi connectivity index (χ3n) is 7.41. The van der Waals surface area contributed by atoms with Crippen molar-refractivity contribution >= 4 is 23.2 Å². The minimum atomic E-state index is -1.42. The molecule has 15 nitrogen and oxygen atoms in total. The molecule has 5 rings (SSSR count). The summed E-state index contributed by atoms with van der Waals surface area (Å²) in [7, 11) is 0. The van der Waals surface area contributed by atoms with Gasteiger partial charge in [0.2, 0.25) is 5.95 Å². The van der Waals surface area contributed by atoms with Gasteiger partial charge in [-0.15, -0.1) is 0 Å². The summed E-state index contributed by atoms with van der Waals surface area (Å²) >= 11 is 0. The van der Waals surface area contributed by atoms with E-state index in [0.717, 1.165) is 16.7 Å². The van der Waals surface area contributed by atoms with Gasteiger partial charge in [0, 0.05) is 18.7 Å². The summed E-state index contributed by atoms with van der Waals surface area (Å²) in [5.41, 5.74) is 1.32. The Balaban J connectivity index is 1.33. The topological polar surface area (TPSA) is 213 Å². The van der Waals surface area contributed by atoms with Crippen LogP contribution in [0.25, 0.3) is 22.3 Å². The highest BCUT2D eigenvalue weighted by Gasteiger charge is 2.45. The zero-order chi connectivity index (χ0) is 33.7. The second-order valence-corrected chi connectivity index (χ2v) is 12.2. The quantitative estimate of drug-likeness (QED) is 0.110. The molecule has 0 aliphatic carbocycles.